The van der Waals surface area contributed by atoms with Gasteiger partial charge in [0.25, 0.3) is 5.69 Å². The van der Waals surface area contributed by atoms with Gasteiger partial charge in [-0.25, -0.2) is 0 Å². The highest BCUT2D eigenvalue weighted by Crippen LogP contribution is 2.35. The van der Waals surface area contributed by atoms with E-state index in [4.69, 9.17) is 28.3 Å². The number of nitro groups is 1. The molecule has 2 N–H and O–H groups in total. The summed E-state index contributed by atoms with van der Waals surface area (Å²) in [4.78, 5) is 21.0. The third-order valence-electron chi connectivity index (χ3n) is 2.67. The smallest absolute Gasteiger partial charge is 0.303 e. The number of carboxylic acids is 1. The molecule has 0 radical (unpaired) electrons. The lowest BCUT2D eigenvalue weighted by molar-refractivity contribution is -0.384. The van der Waals surface area contributed by atoms with Crippen LogP contribution in [-0.2, 0) is 4.79 Å². The van der Waals surface area contributed by atoms with E-state index in [0.717, 1.165) is 0 Å². The lowest BCUT2D eigenvalue weighted by Crippen LogP contribution is -2.31. The van der Waals surface area contributed by atoms with Gasteiger partial charge in [-0.1, -0.05) is 23.2 Å². The van der Waals surface area contributed by atoms with Crippen LogP contribution in [0.25, 0.3) is 0 Å². The molecule has 8 heteroatoms. The summed E-state index contributed by atoms with van der Waals surface area (Å²) in [6.07, 6.45) is 0.259. The molecule has 0 unspecified atom stereocenters. The number of nitrogens with zero attached hydrogens (tertiary/aromatic N) is 1. The first-order chi connectivity index (χ1) is 9.12. The molecule has 0 amide bonds. The van der Waals surface area contributed by atoms with E-state index in [1.807, 2.05) is 0 Å². The quantitative estimate of drug-likeness (QED) is 0.611. The first-order valence-electron chi connectivity index (χ1n) is 5.76. The van der Waals surface area contributed by atoms with Crippen molar-refractivity contribution in [2.75, 3.05) is 5.32 Å². The van der Waals surface area contributed by atoms with Crippen LogP contribution in [0.3, 0.4) is 0 Å². The summed E-state index contributed by atoms with van der Waals surface area (Å²) in [5, 5.41) is 22.9. The van der Waals surface area contributed by atoms with Gasteiger partial charge in [-0.2, -0.15) is 0 Å². The molecule has 0 saturated heterocycles. The maximum atomic E-state index is 11.0. The van der Waals surface area contributed by atoms with Crippen LogP contribution in [0.5, 0.6) is 0 Å². The van der Waals surface area contributed by atoms with Gasteiger partial charge in [-0.15, -0.1) is 0 Å². The summed E-state index contributed by atoms with van der Waals surface area (Å²) in [5.74, 6) is -0.927. The molecule has 0 atom stereocenters. The van der Waals surface area contributed by atoms with Crippen LogP contribution < -0.4 is 5.32 Å². The first kappa shape index (κ1) is 16.5. The average molecular weight is 321 g/mol. The van der Waals surface area contributed by atoms with Crippen molar-refractivity contribution in [2.45, 2.75) is 32.2 Å². The van der Waals surface area contributed by atoms with Crippen molar-refractivity contribution in [2.24, 2.45) is 0 Å². The highest BCUT2D eigenvalue weighted by atomic mass is 35.5. The third kappa shape index (κ3) is 4.54. The Hall–Kier alpha value is -1.53. The molecule has 20 heavy (non-hydrogen) atoms. The van der Waals surface area contributed by atoms with Crippen molar-refractivity contribution in [1.82, 2.24) is 0 Å². The molecule has 0 aliphatic heterocycles. The summed E-state index contributed by atoms with van der Waals surface area (Å²) < 4.78 is 0. The second kappa shape index (κ2) is 6.28. The highest BCUT2D eigenvalue weighted by Gasteiger charge is 2.24. The number of nitro benzene ring substituents is 1. The van der Waals surface area contributed by atoms with Gasteiger partial charge in [0.1, 0.15) is 5.69 Å². The molecule has 0 heterocycles. The summed E-state index contributed by atoms with van der Waals surface area (Å²) in [6.45, 7) is 3.50. The molecule has 0 aromatic heterocycles. The fraction of sp³-hybridized carbons (Fsp3) is 0.417. The molecule has 0 aliphatic carbocycles. The molecular formula is C12H14Cl2N2O4. The number of anilines is 1. The van der Waals surface area contributed by atoms with Crippen molar-refractivity contribution in [3.05, 3.63) is 32.3 Å². The molecule has 0 fully saturated rings. The third-order valence-corrected chi connectivity index (χ3v) is 3.39. The van der Waals surface area contributed by atoms with Crippen LogP contribution in [0.1, 0.15) is 26.7 Å². The van der Waals surface area contributed by atoms with E-state index >= 15 is 0 Å². The van der Waals surface area contributed by atoms with E-state index in [-0.39, 0.29) is 27.8 Å². The topological polar surface area (TPSA) is 92.5 Å². The monoisotopic (exact) mass is 320 g/mol. The predicted molar refractivity (Wildman–Crippen MR) is 77.7 cm³/mol. The van der Waals surface area contributed by atoms with Crippen molar-refractivity contribution in [1.29, 1.82) is 0 Å². The Balaban J connectivity index is 3.04. The minimum atomic E-state index is -0.927. The zero-order valence-corrected chi connectivity index (χ0v) is 12.5. The number of rotatable bonds is 6. The Labute approximate surface area is 125 Å². The number of benzene rings is 1. The summed E-state index contributed by atoms with van der Waals surface area (Å²) >= 11 is 11.6. The Morgan fingerprint density at radius 3 is 2.45 bits per heavy atom. The van der Waals surface area contributed by atoms with Gasteiger partial charge < -0.3 is 10.4 Å². The second-order valence-corrected chi connectivity index (χ2v) is 5.76. The summed E-state index contributed by atoms with van der Waals surface area (Å²) in [6, 6.07) is 2.53. The van der Waals surface area contributed by atoms with E-state index in [0.29, 0.717) is 6.42 Å². The van der Waals surface area contributed by atoms with Crippen LogP contribution >= 0.6 is 23.2 Å². The lowest BCUT2D eigenvalue weighted by atomic mass is 9.97. The van der Waals surface area contributed by atoms with E-state index in [1.54, 1.807) is 13.8 Å². The number of hydrogen-bond donors (Lipinski definition) is 2. The van der Waals surface area contributed by atoms with Crippen molar-refractivity contribution < 1.29 is 14.8 Å². The molecule has 0 aliphatic rings. The molecule has 0 bridgehead atoms. The number of carbonyl (C=O) groups is 1. The van der Waals surface area contributed by atoms with Gasteiger partial charge in [0.05, 0.1) is 15.0 Å². The maximum absolute atomic E-state index is 11.0. The van der Waals surface area contributed by atoms with Crippen LogP contribution in [0.15, 0.2) is 12.1 Å². The van der Waals surface area contributed by atoms with Gasteiger partial charge in [0.2, 0.25) is 0 Å². The number of aliphatic carboxylic acids is 1. The predicted octanol–water partition coefficient (Wildman–Crippen LogP) is 3.96. The fourth-order valence-electron chi connectivity index (χ4n) is 1.63. The highest BCUT2D eigenvalue weighted by molar-refractivity contribution is 6.42. The largest absolute Gasteiger partial charge is 0.481 e. The zero-order valence-electron chi connectivity index (χ0n) is 10.9. The minimum Gasteiger partial charge on any atom is -0.481 e. The number of halogens is 2. The summed E-state index contributed by atoms with van der Waals surface area (Å²) in [7, 11) is 0. The molecule has 0 saturated carbocycles. The molecular weight excluding hydrogens is 307 g/mol. The average Bonchev–Trinajstić information content (AvgIpc) is 2.30. The molecule has 110 valence electrons. The maximum Gasteiger partial charge on any atom is 0.303 e. The number of hydrogen-bond acceptors (Lipinski definition) is 4. The van der Waals surface area contributed by atoms with Crippen molar-refractivity contribution in [3.8, 4) is 0 Å². The first-order valence-corrected chi connectivity index (χ1v) is 6.51. The van der Waals surface area contributed by atoms with Gasteiger partial charge >= 0.3 is 5.97 Å². The lowest BCUT2D eigenvalue weighted by Gasteiger charge is -2.27. The van der Waals surface area contributed by atoms with Gasteiger partial charge in [0.15, 0.2) is 0 Å². The number of carboxylic acid groups (broad SMARTS) is 1. The zero-order chi connectivity index (χ0) is 15.5. The minimum absolute atomic E-state index is 0.0465. The Morgan fingerprint density at radius 1 is 1.40 bits per heavy atom. The van der Waals surface area contributed by atoms with Crippen LogP contribution in [0.4, 0.5) is 11.4 Å². The molecule has 1 aromatic rings. The van der Waals surface area contributed by atoms with Gasteiger partial charge in [-0.05, 0) is 26.3 Å². The normalized spacial score (nSPS) is 11.2. The summed E-state index contributed by atoms with van der Waals surface area (Å²) in [5.41, 5.74) is -0.636. The van der Waals surface area contributed by atoms with E-state index in [9.17, 15) is 14.9 Å². The van der Waals surface area contributed by atoms with Gasteiger partial charge in [-0.3, -0.25) is 14.9 Å². The number of nitrogens with one attached hydrogen (secondary N) is 1. The second-order valence-electron chi connectivity index (χ2n) is 4.94. The Kier molecular flexibility index (Phi) is 5.19. The standard InChI is InChI=1S/C12H14Cl2N2O4/c1-12(2,4-3-11(17)18)15-9-5-7(13)8(14)6-10(9)16(19)20/h5-6,15H,3-4H2,1-2H3,(H,17,18). The van der Waals surface area contributed by atoms with Crippen LogP contribution in [0.2, 0.25) is 10.0 Å². The van der Waals surface area contributed by atoms with Crippen LogP contribution in [0, 0.1) is 10.1 Å². The molecule has 6 nitrogen and oxygen atoms in total. The van der Waals surface area contributed by atoms with Gasteiger partial charge in [0, 0.05) is 18.0 Å². The molecule has 1 aromatic carbocycles. The fourth-order valence-corrected chi connectivity index (χ4v) is 1.96. The SMILES string of the molecule is CC(C)(CCC(=O)O)Nc1cc(Cl)c(Cl)cc1[N+](=O)[O-]. The van der Waals surface area contributed by atoms with E-state index in [1.165, 1.54) is 12.1 Å². The van der Waals surface area contributed by atoms with Crippen molar-refractivity contribution >= 4 is 40.5 Å². The van der Waals surface area contributed by atoms with Crippen LogP contribution in [-0.4, -0.2) is 21.5 Å². The van der Waals surface area contributed by atoms with E-state index in [2.05, 4.69) is 5.32 Å². The van der Waals surface area contributed by atoms with Crippen molar-refractivity contribution in [3.63, 3.8) is 0 Å². The Morgan fingerprint density at radius 2 is 1.95 bits per heavy atom. The molecule has 0 spiro atoms. The van der Waals surface area contributed by atoms with E-state index < -0.39 is 16.4 Å². The molecule has 1 rings (SSSR count). The Bertz CT molecular complexity index is 547.